The van der Waals surface area contributed by atoms with E-state index in [1.165, 1.54) is 22.3 Å². The van der Waals surface area contributed by atoms with Crippen molar-refractivity contribution in [2.45, 2.75) is 33.6 Å². The van der Waals surface area contributed by atoms with E-state index in [0.717, 1.165) is 24.1 Å². The van der Waals surface area contributed by atoms with Crippen LogP contribution in [0.1, 0.15) is 43.9 Å². The third-order valence-corrected chi connectivity index (χ3v) is 4.93. The van der Waals surface area contributed by atoms with Gasteiger partial charge in [0.15, 0.2) is 5.84 Å². The Morgan fingerprint density at radius 1 is 1.08 bits per heavy atom. The standard InChI is InChI=1S/C22H23ClN2/c1-5-15(4)24-22(25-21(23)14(2)3)17-10-11-20-18(13-17)12-16-8-6-7-9-19(16)20/h6-11,13-14H,4-5,12H2,1-3H3. The van der Waals surface area contributed by atoms with Gasteiger partial charge in [-0.3, -0.25) is 0 Å². The fourth-order valence-corrected chi connectivity index (χ4v) is 2.98. The van der Waals surface area contributed by atoms with Crippen molar-refractivity contribution in [3.05, 3.63) is 71.4 Å². The van der Waals surface area contributed by atoms with Crippen molar-refractivity contribution < 1.29 is 0 Å². The second-order valence-corrected chi connectivity index (χ2v) is 7.04. The Hall–Kier alpha value is -2.19. The molecule has 0 bridgehead atoms. The maximum absolute atomic E-state index is 6.32. The zero-order valence-corrected chi connectivity index (χ0v) is 15.8. The van der Waals surface area contributed by atoms with E-state index in [1.54, 1.807) is 0 Å². The fraction of sp³-hybridized carbons (Fsp3) is 0.273. The lowest BCUT2D eigenvalue weighted by atomic mass is 10.0. The predicted octanol–water partition coefficient (Wildman–Crippen LogP) is 6.22. The van der Waals surface area contributed by atoms with Crippen LogP contribution in [0.25, 0.3) is 11.1 Å². The van der Waals surface area contributed by atoms with Crippen molar-refractivity contribution in [3.8, 4) is 11.1 Å². The fourth-order valence-electron chi connectivity index (χ4n) is 2.90. The minimum absolute atomic E-state index is 0.167. The Bertz CT molecular complexity index is 875. The molecular formula is C22H23ClN2. The van der Waals surface area contributed by atoms with Gasteiger partial charge in [-0.25, -0.2) is 9.98 Å². The van der Waals surface area contributed by atoms with Crippen molar-refractivity contribution >= 4 is 22.6 Å². The Labute approximate surface area is 155 Å². The highest BCUT2D eigenvalue weighted by atomic mass is 35.5. The molecule has 128 valence electrons. The largest absolute Gasteiger partial charge is 0.234 e. The Balaban J connectivity index is 2.04. The number of benzene rings is 2. The minimum Gasteiger partial charge on any atom is -0.234 e. The van der Waals surface area contributed by atoms with E-state index in [4.69, 9.17) is 11.6 Å². The van der Waals surface area contributed by atoms with E-state index in [-0.39, 0.29) is 5.92 Å². The molecule has 2 aromatic rings. The van der Waals surface area contributed by atoms with Crippen molar-refractivity contribution in [3.63, 3.8) is 0 Å². The van der Waals surface area contributed by atoms with Gasteiger partial charge in [-0.1, -0.05) is 75.3 Å². The maximum Gasteiger partial charge on any atom is 0.160 e. The number of allylic oxidation sites excluding steroid dienone is 1. The molecule has 3 heteroatoms. The Kier molecular flexibility index (Phi) is 5.19. The Morgan fingerprint density at radius 3 is 2.52 bits per heavy atom. The van der Waals surface area contributed by atoms with E-state index in [2.05, 4.69) is 59.0 Å². The van der Waals surface area contributed by atoms with E-state index in [9.17, 15) is 0 Å². The van der Waals surface area contributed by atoms with Gasteiger partial charge >= 0.3 is 0 Å². The molecule has 0 heterocycles. The SMILES string of the molecule is C=C(CC)N=C(N=C(Cl)C(C)C)c1ccc2c(c1)Cc1ccccc1-2. The first-order valence-corrected chi connectivity index (χ1v) is 9.09. The average Bonchev–Trinajstić information content (AvgIpc) is 2.98. The summed E-state index contributed by atoms with van der Waals surface area (Å²) in [6, 6.07) is 15.0. The second-order valence-electron chi connectivity index (χ2n) is 6.65. The average molecular weight is 351 g/mol. The van der Waals surface area contributed by atoms with E-state index in [1.807, 2.05) is 20.8 Å². The number of halogens is 1. The first-order valence-electron chi connectivity index (χ1n) is 8.71. The quantitative estimate of drug-likeness (QED) is 0.394. The summed E-state index contributed by atoms with van der Waals surface area (Å²) >= 11 is 6.32. The van der Waals surface area contributed by atoms with Crippen LogP contribution in [0.3, 0.4) is 0 Å². The minimum atomic E-state index is 0.167. The van der Waals surface area contributed by atoms with E-state index in [0.29, 0.717) is 11.0 Å². The molecule has 25 heavy (non-hydrogen) atoms. The first-order chi connectivity index (χ1) is 12.0. The number of aliphatic imine (C=N–C) groups is 2. The topological polar surface area (TPSA) is 24.7 Å². The second kappa shape index (κ2) is 7.37. The van der Waals surface area contributed by atoms with Crippen LogP contribution < -0.4 is 0 Å². The van der Waals surface area contributed by atoms with Crippen molar-refractivity contribution in [2.75, 3.05) is 0 Å². The molecule has 0 spiro atoms. The molecular weight excluding hydrogens is 328 g/mol. The molecule has 1 aliphatic carbocycles. The van der Waals surface area contributed by atoms with Crippen LogP contribution in [0.2, 0.25) is 0 Å². The normalized spacial score (nSPS) is 13.8. The molecule has 0 saturated carbocycles. The van der Waals surface area contributed by atoms with Crippen molar-refractivity contribution in [1.29, 1.82) is 0 Å². The summed E-state index contributed by atoms with van der Waals surface area (Å²) in [5.41, 5.74) is 7.09. The lowest BCUT2D eigenvalue weighted by Crippen LogP contribution is -2.06. The predicted molar refractivity (Wildman–Crippen MR) is 109 cm³/mol. The third kappa shape index (κ3) is 3.74. The molecule has 2 nitrogen and oxygen atoms in total. The molecule has 0 aliphatic heterocycles. The van der Waals surface area contributed by atoms with Gasteiger partial charge in [-0.05, 0) is 41.2 Å². The van der Waals surface area contributed by atoms with Crippen LogP contribution in [-0.2, 0) is 6.42 Å². The van der Waals surface area contributed by atoms with Crippen LogP contribution >= 0.6 is 11.6 Å². The van der Waals surface area contributed by atoms with Crippen molar-refractivity contribution in [1.82, 2.24) is 0 Å². The molecule has 0 aromatic heterocycles. The third-order valence-electron chi connectivity index (χ3n) is 4.41. The van der Waals surface area contributed by atoms with Gasteiger partial charge < -0.3 is 0 Å². The van der Waals surface area contributed by atoms with Gasteiger partial charge in [0.25, 0.3) is 0 Å². The van der Waals surface area contributed by atoms with Crippen molar-refractivity contribution in [2.24, 2.45) is 15.9 Å². The van der Waals surface area contributed by atoms with Gasteiger partial charge in [-0.15, -0.1) is 0 Å². The molecule has 0 fully saturated rings. The Morgan fingerprint density at radius 2 is 1.80 bits per heavy atom. The van der Waals surface area contributed by atoms with E-state index >= 15 is 0 Å². The number of fused-ring (bicyclic) bond motifs is 3. The number of amidine groups is 1. The monoisotopic (exact) mass is 350 g/mol. The molecule has 2 aromatic carbocycles. The van der Waals surface area contributed by atoms with Crippen LogP contribution in [0.5, 0.6) is 0 Å². The zero-order valence-electron chi connectivity index (χ0n) is 15.0. The molecule has 3 rings (SSSR count). The molecule has 0 atom stereocenters. The maximum atomic E-state index is 6.32. The summed E-state index contributed by atoms with van der Waals surface area (Å²) in [6.45, 7) is 10.1. The number of hydrogen-bond acceptors (Lipinski definition) is 1. The van der Waals surface area contributed by atoms with Gasteiger partial charge in [0, 0.05) is 17.2 Å². The molecule has 0 N–H and O–H groups in total. The van der Waals surface area contributed by atoms with Crippen LogP contribution in [0.15, 0.2) is 64.7 Å². The lowest BCUT2D eigenvalue weighted by molar-refractivity contribution is 0.900. The number of rotatable bonds is 4. The highest BCUT2D eigenvalue weighted by molar-refractivity contribution is 6.66. The van der Waals surface area contributed by atoms with Crippen LogP contribution in [0, 0.1) is 5.92 Å². The van der Waals surface area contributed by atoms with Crippen LogP contribution in [0.4, 0.5) is 0 Å². The summed E-state index contributed by atoms with van der Waals surface area (Å²) in [6.07, 6.45) is 1.73. The van der Waals surface area contributed by atoms with Gasteiger partial charge in [0.05, 0.1) is 0 Å². The summed E-state index contributed by atoms with van der Waals surface area (Å²) in [5, 5.41) is 0.562. The van der Waals surface area contributed by atoms with Gasteiger partial charge in [0.1, 0.15) is 5.17 Å². The molecule has 0 saturated heterocycles. The highest BCUT2D eigenvalue weighted by Crippen LogP contribution is 2.36. The zero-order chi connectivity index (χ0) is 18.0. The molecule has 1 aliphatic rings. The summed E-state index contributed by atoms with van der Waals surface area (Å²) in [5.74, 6) is 0.810. The van der Waals surface area contributed by atoms with E-state index < -0.39 is 0 Å². The molecule has 0 unspecified atom stereocenters. The summed E-state index contributed by atoms with van der Waals surface area (Å²) < 4.78 is 0. The summed E-state index contributed by atoms with van der Waals surface area (Å²) in [7, 11) is 0. The smallest absolute Gasteiger partial charge is 0.160 e. The number of nitrogens with zero attached hydrogens (tertiary/aromatic N) is 2. The number of hydrogen-bond donors (Lipinski definition) is 0. The first kappa shape index (κ1) is 17.6. The molecule has 0 radical (unpaired) electrons. The lowest BCUT2D eigenvalue weighted by Gasteiger charge is -2.08. The van der Waals surface area contributed by atoms with Crippen LogP contribution in [-0.4, -0.2) is 11.0 Å². The highest BCUT2D eigenvalue weighted by Gasteiger charge is 2.19. The summed E-state index contributed by atoms with van der Waals surface area (Å²) in [4.78, 5) is 9.19. The molecule has 0 amide bonds. The van der Waals surface area contributed by atoms with Gasteiger partial charge in [0.2, 0.25) is 0 Å². The van der Waals surface area contributed by atoms with Gasteiger partial charge in [-0.2, -0.15) is 0 Å².